The Kier molecular flexibility index (Phi) is 8.08. The minimum atomic E-state index is -4.59. The van der Waals surface area contributed by atoms with Crippen LogP contribution in [0.3, 0.4) is 0 Å². The molecule has 1 amide bonds. The van der Waals surface area contributed by atoms with Crippen molar-refractivity contribution in [1.82, 2.24) is 4.57 Å². The fraction of sp³-hybridized carbons (Fsp3) is 0.407. The normalized spacial score (nSPS) is 13.9. The molecule has 0 fully saturated rings. The Hall–Kier alpha value is -3.00. The maximum Gasteiger partial charge on any atom is 0.392 e. The van der Waals surface area contributed by atoms with Crippen molar-refractivity contribution in [3.8, 4) is 0 Å². The third-order valence-electron chi connectivity index (χ3n) is 5.90. The minimum absolute atomic E-state index is 0.108. The summed E-state index contributed by atoms with van der Waals surface area (Å²) in [6.07, 6.45) is -2.36. The Labute approximate surface area is 213 Å². The van der Waals surface area contributed by atoms with Gasteiger partial charge < -0.3 is 14.6 Å². The predicted octanol–water partition coefficient (Wildman–Crippen LogP) is 7.03. The highest BCUT2D eigenvalue weighted by Gasteiger charge is 2.45. The molecular formula is C27H30ClF3N2O3. The Morgan fingerprint density at radius 3 is 2.42 bits per heavy atom. The standard InChI is InChI=1S/C27H30ClF3N2O3/c1-16(27(29,30)31)24(19-9-8-18-12-13-33(5)22(18)15-19)25(35)32-21-14-17(6-10-20(21)28)7-11-23(34)36-26(2,3)4/h6,8-10,12-16,24H,7,11H2,1-5H3,(H,32,35)/t16-,24?/m1/s1. The first kappa shape index (κ1) is 27.6. The Bertz CT molecular complexity index is 1260. The molecule has 1 heterocycles. The Balaban J connectivity index is 1.86. The number of ether oxygens (including phenoxy) is 1. The molecule has 194 valence electrons. The van der Waals surface area contributed by atoms with Gasteiger partial charge >= 0.3 is 12.1 Å². The molecule has 0 aliphatic heterocycles. The van der Waals surface area contributed by atoms with E-state index in [9.17, 15) is 22.8 Å². The van der Waals surface area contributed by atoms with Gasteiger partial charge in [-0.1, -0.05) is 36.7 Å². The number of carbonyl (C=O) groups excluding carboxylic acids is 2. The van der Waals surface area contributed by atoms with E-state index < -0.39 is 29.5 Å². The van der Waals surface area contributed by atoms with Gasteiger partial charge in [-0.25, -0.2) is 0 Å². The monoisotopic (exact) mass is 522 g/mol. The number of aromatic nitrogens is 1. The second kappa shape index (κ2) is 10.5. The number of hydrogen-bond acceptors (Lipinski definition) is 3. The van der Waals surface area contributed by atoms with Gasteiger partial charge in [-0.2, -0.15) is 13.2 Å². The van der Waals surface area contributed by atoms with Gasteiger partial charge in [0.2, 0.25) is 5.91 Å². The lowest BCUT2D eigenvalue weighted by Crippen LogP contribution is -2.34. The molecule has 9 heteroatoms. The summed E-state index contributed by atoms with van der Waals surface area (Å²) >= 11 is 6.26. The van der Waals surface area contributed by atoms with Gasteiger partial charge in [0.05, 0.1) is 22.5 Å². The van der Waals surface area contributed by atoms with Crippen LogP contribution in [0.2, 0.25) is 5.02 Å². The van der Waals surface area contributed by atoms with Crippen molar-refractivity contribution in [1.29, 1.82) is 0 Å². The number of aryl methyl sites for hydroxylation is 2. The van der Waals surface area contributed by atoms with Crippen molar-refractivity contribution in [3.05, 3.63) is 64.8 Å². The van der Waals surface area contributed by atoms with E-state index >= 15 is 0 Å². The van der Waals surface area contributed by atoms with Crippen LogP contribution < -0.4 is 5.32 Å². The zero-order valence-corrected chi connectivity index (χ0v) is 21.6. The number of amides is 1. The molecule has 36 heavy (non-hydrogen) atoms. The summed E-state index contributed by atoms with van der Waals surface area (Å²) in [7, 11) is 1.79. The molecule has 0 saturated heterocycles. The molecule has 0 aliphatic carbocycles. The molecule has 3 rings (SSSR count). The lowest BCUT2D eigenvalue weighted by Gasteiger charge is -2.26. The largest absolute Gasteiger partial charge is 0.460 e. The topological polar surface area (TPSA) is 60.3 Å². The number of nitrogens with one attached hydrogen (secondary N) is 1. The van der Waals surface area contributed by atoms with Crippen LogP contribution in [-0.2, 0) is 27.8 Å². The van der Waals surface area contributed by atoms with Crippen LogP contribution in [0.25, 0.3) is 10.9 Å². The molecule has 3 aromatic rings. The summed E-state index contributed by atoms with van der Waals surface area (Å²) in [6.45, 7) is 6.32. The van der Waals surface area contributed by atoms with Crippen LogP contribution in [0.5, 0.6) is 0 Å². The molecule has 2 aromatic carbocycles. The highest BCUT2D eigenvalue weighted by molar-refractivity contribution is 6.33. The highest BCUT2D eigenvalue weighted by Crippen LogP contribution is 2.39. The van der Waals surface area contributed by atoms with E-state index in [1.54, 1.807) is 75.0 Å². The zero-order chi connectivity index (χ0) is 26.8. The number of alkyl halides is 3. The highest BCUT2D eigenvalue weighted by atomic mass is 35.5. The molecule has 1 aromatic heterocycles. The second-order valence-electron chi connectivity index (χ2n) is 9.94. The molecule has 5 nitrogen and oxygen atoms in total. The van der Waals surface area contributed by atoms with Gasteiger partial charge in [0.25, 0.3) is 0 Å². The first-order valence-electron chi connectivity index (χ1n) is 11.6. The Morgan fingerprint density at radius 1 is 1.08 bits per heavy atom. The van der Waals surface area contributed by atoms with Crippen LogP contribution in [-0.4, -0.2) is 28.2 Å². The van der Waals surface area contributed by atoms with E-state index in [-0.39, 0.29) is 28.7 Å². The number of rotatable bonds is 7. The van der Waals surface area contributed by atoms with Crippen molar-refractivity contribution < 1.29 is 27.5 Å². The number of nitrogens with zero attached hydrogens (tertiary/aromatic N) is 1. The quantitative estimate of drug-likeness (QED) is 0.339. The van der Waals surface area contributed by atoms with E-state index in [4.69, 9.17) is 16.3 Å². The molecule has 0 radical (unpaired) electrons. The summed E-state index contributed by atoms with van der Waals surface area (Å²) in [5.41, 5.74) is 1.24. The minimum Gasteiger partial charge on any atom is -0.460 e. The van der Waals surface area contributed by atoms with Crippen LogP contribution in [0, 0.1) is 5.92 Å². The third-order valence-corrected chi connectivity index (χ3v) is 6.23. The lowest BCUT2D eigenvalue weighted by molar-refractivity contribution is -0.178. The number of fused-ring (bicyclic) bond motifs is 1. The van der Waals surface area contributed by atoms with Gasteiger partial charge in [0, 0.05) is 25.2 Å². The van der Waals surface area contributed by atoms with Gasteiger partial charge in [-0.15, -0.1) is 0 Å². The lowest BCUT2D eigenvalue weighted by atomic mass is 9.85. The van der Waals surface area contributed by atoms with Gasteiger partial charge in [0.15, 0.2) is 0 Å². The van der Waals surface area contributed by atoms with Crippen molar-refractivity contribution in [2.75, 3.05) is 5.32 Å². The number of hydrogen-bond donors (Lipinski definition) is 1. The SMILES string of the molecule is C[C@H](C(C(=O)Nc1cc(CCC(=O)OC(C)(C)C)ccc1Cl)c1ccc2ccn(C)c2c1)C(F)(F)F. The van der Waals surface area contributed by atoms with E-state index in [2.05, 4.69) is 5.32 Å². The summed E-state index contributed by atoms with van der Waals surface area (Å²) in [5, 5.41) is 3.63. The van der Waals surface area contributed by atoms with Crippen LogP contribution in [0.4, 0.5) is 18.9 Å². The maximum absolute atomic E-state index is 13.8. The summed E-state index contributed by atoms with van der Waals surface area (Å²) in [5.74, 6) is -4.63. The van der Waals surface area contributed by atoms with E-state index in [1.807, 2.05) is 6.07 Å². The number of halogens is 4. The average Bonchev–Trinajstić information content (AvgIpc) is 3.13. The first-order chi connectivity index (χ1) is 16.7. The smallest absolute Gasteiger partial charge is 0.392 e. The van der Waals surface area contributed by atoms with E-state index in [0.29, 0.717) is 12.0 Å². The van der Waals surface area contributed by atoms with Crippen LogP contribution in [0.15, 0.2) is 48.7 Å². The number of anilines is 1. The van der Waals surface area contributed by atoms with Gasteiger partial charge in [-0.05, 0) is 68.0 Å². The van der Waals surface area contributed by atoms with Crippen molar-refractivity contribution in [3.63, 3.8) is 0 Å². The molecule has 1 N–H and O–H groups in total. The summed E-state index contributed by atoms with van der Waals surface area (Å²) in [4.78, 5) is 25.3. The number of benzene rings is 2. The number of carbonyl (C=O) groups is 2. The van der Waals surface area contributed by atoms with E-state index in [0.717, 1.165) is 17.8 Å². The summed E-state index contributed by atoms with van der Waals surface area (Å²) in [6, 6.07) is 11.5. The van der Waals surface area contributed by atoms with Crippen molar-refractivity contribution in [2.45, 2.75) is 58.2 Å². The molecular weight excluding hydrogens is 493 g/mol. The molecule has 0 spiro atoms. The zero-order valence-electron chi connectivity index (χ0n) is 20.9. The fourth-order valence-corrected chi connectivity index (χ4v) is 4.17. The second-order valence-corrected chi connectivity index (χ2v) is 10.3. The molecule has 1 unspecified atom stereocenters. The average molecular weight is 523 g/mol. The fourth-order valence-electron chi connectivity index (χ4n) is 4.00. The van der Waals surface area contributed by atoms with Crippen molar-refractivity contribution >= 4 is 40.1 Å². The predicted molar refractivity (Wildman–Crippen MR) is 135 cm³/mol. The molecule has 0 saturated carbocycles. The maximum atomic E-state index is 13.8. The number of esters is 1. The third kappa shape index (κ3) is 6.81. The van der Waals surface area contributed by atoms with Crippen molar-refractivity contribution in [2.24, 2.45) is 13.0 Å². The molecule has 2 atom stereocenters. The van der Waals surface area contributed by atoms with Gasteiger partial charge in [0.1, 0.15) is 5.60 Å². The van der Waals surface area contributed by atoms with Crippen LogP contribution in [0.1, 0.15) is 51.2 Å². The van der Waals surface area contributed by atoms with Crippen LogP contribution >= 0.6 is 11.6 Å². The molecule has 0 aliphatic rings. The first-order valence-corrected chi connectivity index (χ1v) is 12.0. The van der Waals surface area contributed by atoms with E-state index in [1.165, 1.54) is 0 Å². The summed E-state index contributed by atoms with van der Waals surface area (Å²) < 4.78 is 48.5. The van der Waals surface area contributed by atoms with Gasteiger partial charge in [-0.3, -0.25) is 9.59 Å². The molecule has 0 bridgehead atoms. The Morgan fingerprint density at radius 2 is 1.78 bits per heavy atom.